The van der Waals surface area contributed by atoms with E-state index in [0.717, 1.165) is 106 Å². The molecule has 1 saturated heterocycles. The molecule has 3 heterocycles. The Kier molecular flexibility index (Phi) is 8.71. The number of fused-ring (bicyclic) bond motifs is 11. The van der Waals surface area contributed by atoms with E-state index in [0.29, 0.717) is 13.2 Å². The second-order valence-electron chi connectivity index (χ2n) is 16.6. The number of benzene rings is 6. The van der Waals surface area contributed by atoms with Crippen molar-refractivity contribution in [2.24, 2.45) is 0 Å². The first kappa shape index (κ1) is 36.8. The molecule has 0 N–H and O–H groups in total. The maximum atomic E-state index is 7.84. The van der Waals surface area contributed by atoms with E-state index in [1.54, 1.807) is 14.2 Å². The van der Waals surface area contributed by atoms with E-state index in [-0.39, 0.29) is 5.41 Å². The summed E-state index contributed by atoms with van der Waals surface area (Å²) in [6, 6.07) is 36.9. The zero-order valence-electron chi connectivity index (χ0n) is 34.8. The summed E-state index contributed by atoms with van der Waals surface area (Å²) >= 11 is 0. The SMILES string of the molecule is CCC1(CC)c2ccccc2-c2c1c1c(c3cc(OC)c(N4CCOCC4)cc23)OC(C2=CC=C(c3cccc4c3oc3ccccc34)CC2)(c2ccc(OC)cc2)C=C1. The van der Waals surface area contributed by atoms with Gasteiger partial charge in [0.2, 0.25) is 0 Å². The monoisotopic (exact) mass is 791 g/mol. The molecule has 6 heteroatoms. The lowest BCUT2D eigenvalue weighted by Crippen LogP contribution is -2.37. The van der Waals surface area contributed by atoms with Crippen molar-refractivity contribution in [3.63, 3.8) is 0 Å². The number of anilines is 1. The average Bonchev–Trinajstić information content (AvgIpc) is 3.85. The van der Waals surface area contributed by atoms with Gasteiger partial charge in [-0.25, -0.2) is 0 Å². The third kappa shape index (κ3) is 5.29. The molecule has 0 amide bonds. The third-order valence-electron chi connectivity index (χ3n) is 14.0. The van der Waals surface area contributed by atoms with Crippen LogP contribution in [0.1, 0.15) is 67.3 Å². The summed E-state index contributed by atoms with van der Waals surface area (Å²) in [5, 5.41) is 4.54. The van der Waals surface area contributed by atoms with Gasteiger partial charge in [-0.15, -0.1) is 0 Å². The van der Waals surface area contributed by atoms with E-state index < -0.39 is 5.60 Å². The topological polar surface area (TPSA) is 53.3 Å². The number of nitrogens with zero attached hydrogens (tertiary/aromatic N) is 1. The first-order valence-corrected chi connectivity index (χ1v) is 21.5. The lowest BCUT2D eigenvalue weighted by Gasteiger charge is -2.41. The van der Waals surface area contributed by atoms with Crippen LogP contribution in [0.4, 0.5) is 5.69 Å². The van der Waals surface area contributed by atoms with Crippen LogP contribution in [0.15, 0.2) is 131 Å². The number of furan rings is 1. The van der Waals surface area contributed by atoms with E-state index in [2.05, 4.69) is 128 Å². The van der Waals surface area contributed by atoms with Gasteiger partial charge in [-0.05, 0) is 101 Å². The Morgan fingerprint density at radius 3 is 2.25 bits per heavy atom. The van der Waals surface area contributed by atoms with Gasteiger partial charge in [0.1, 0.15) is 28.4 Å². The molecular formula is C54H49NO5. The third-order valence-corrected chi connectivity index (χ3v) is 14.0. The van der Waals surface area contributed by atoms with Crippen molar-refractivity contribution in [1.29, 1.82) is 0 Å². The highest BCUT2D eigenvalue weighted by Gasteiger charge is 2.47. The molecule has 4 aliphatic rings. The van der Waals surface area contributed by atoms with E-state index in [1.807, 2.05) is 18.2 Å². The zero-order valence-corrected chi connectivity index (χ0v) is 34.8. The molecule has 2 aliphatic carbocycles. The Labute approximate surface area is 351 Å². The van der Waals surface area contributed by atoms with Crippen LogP contribution < -0.4 is 19.1 Å². The van der Waals surface area contributed by atoms with Gasteiger partial charge < -0.3 is 28.3 Å². The van der Waals surface area contributed by atoms with Crippen LogP contribution in [0.5, 0.6) is 17.2 Å². The largest absolute Gasteiger partial charge is 0.497 e. The van der Waals surface area contributed by atoms with Crippen LogP contribution in [-0.4, -0.2) is 40.5 Å². The molecule has 11 rings (SSSR count). The van der Waals surface area contributed by atoms with Crippen molar-refractivity contribution in [2.45, 2.75) is 50.5 Å². The summed E-state index contributed by atoms with van der Waals surface area (Å²) in [7, 11) is 3.50. The molecule has 0 saturated carbocycles. The molecule has 1 atom stereocenters. The van der Waals surface area contributed by atoms with Gasteiger partial charge in [-0.2, -0.15) is 0 Å². The molecule has 6 nitrogen and oxygen atoms in total. The summed E-state index contributed by atoms with van der Waals surface area (Å²) < 4.78 is 32.1. The Morgan fingerprint density at radius 1 is 0.717 bits per heavy atom. The zero-order chi connectivity index (χ0) is 40.6. The molecule has 300 valence electrons. The predicted molar refractivity (Wildman–Crippen MR) is 244 cm³/mol. The van der Waals surface area contributed by atoms with Crippen LogP contribution in [0, 0.1) is 0 Å². The minimum Gasteiger partial charge on any atom is -0.497 e. The van der Waals surface area contributed by atoms with Crippen LogP contribution >= 0.6 is 0 Å². The molecule has 7 aromatic rings. The van der Waals surface area contributed by atoms with E-state index in [9.17, 15) is 0 Å². The quantitative estimate of drug-likeness (QED) is 0.153. The highest BCUT2D eigenvalue weighted by Crippen LogP contribution is 2.61. The Morgan fingerprint density at radius 2 is 1.48 bits per heavy atom. The Hall–Kier alpha value is -6.24. The molecule has 6 aromatic carbocycles. The highest BCUT2D eigenvalue weighted by molar-refractivity contribution is 6.11. The van der Waals surface area contributed by atoms with Gasteiger partial charge in [0.05, 0.1) is 33.1 Å². The molecule has 1 unspecified atom stereocenters. The number of allylic oxidation sites excluding steroid dienone is 3. The molecule has 0 spiro atoms. The summed E-state index contributed by atoms with van der Waals surface area (Å²) in [5.74, 6) is 2.55. The minimum atomic E-state index is -0.878. The summed E-state index contributed by atoms with van der Waals surface area (Å²) in [6.07, 6.45) is 12.9. The van der Waals surface area contributed by atoms with Crippen LogP contribution in [0.25, 0.3) is 55.5 Å². The van der Waals surface area contributed by atoms with Crippen molar-refractivity contribution >= 4 is 50.0 Å². The number of rotatable bonds is 8. The number of hydrogen-bond donors (Lipinski definition) is 0. The highest BCUT2D eigenvalue weighted by atomic mass is 16.5. The number of para-hydroxylation sites is 2. The molecule has 0 radical (unpaired) electrons. The first-order valence-electron chi connectivity index (χ1n) is 21.5. The van der Waals surface area contributed by atoms with Crippen molar-refractivity contribution in [3.05, 3.63) is 155 Å². The van der Waals surface area contributed by atoms with Crippen molar-refractivity contribution < 1.29 is 23.4 Å². The smallest absolute Gasteiger partial charge is 0.174 e. The fourth-order valence-corrected chi connectivity index (χ4v) is 10.9. The second-order valence-corrected chi connectivity index (χ2v) is 16.6. The Balaban J connectivity index is 1.14. The summed E-state index contributed by atoms with van der Waals surface area (Å²) in [4.78, 5) is 2.41. The fourth-order valence-electron chi connectivity index (χ4n) is 10.9. The number of hydrogen-bond acceptors (Lipinski definition) is 6. The number of ether oxygens (including phenoxy) is 4. The van der Waals surface area contributed by atoms with Crippen LogP contribution in [-0.2, 0) is 15.8 Å². The second kappa shape index (κ2) is 14.2. The maximum absolute atomic E-state index is 7.84. The molecule has 1 aromatic heterocycles. The first-order chi connectivity index (χ1) is 29.5. The molecule has 0 bridgehead atoms. The van der Waals surface area contributed by atoms with Gasteiger partial charge in [-0.3, -0.25) is 0 Å². The molecule has 2 aliphatic heterocycles. The van der Waals surface area contributed by atoms with Gasteiger partial charge in [0.25, 0.3) is 0 Å². The number of morpholine rings is 1. The average molecular weight is 792 g/mol. The molecular weight excluding hydrogens is 743 g/mol. The number of methoxy groups -OCH3 is 2. The lowest BCUT2D eigenvalue weighted by atomic mass is 9.70. The van der Waals surface area contributed by atoms with Crippen LogP contribution in [0.3, 0.4) is 0 Å². The van der Waals surface area contributed by atoms with Crippen molar-refractivity contribution in [3.8, 4) is 28.4 Å². The maximum Gasteiger partial charge on any atom is 0.174 e. The summed E-state index contributed by atoms with van der Waals surface area (Å²) in [6.45, 7) is 7.70. The molecule has 1 fully saturated rings. The standard InChI is InChI=1S/C54H49NO5/c1-5-53(6-2)45-16-9-7-13-41(45)49-43-32-46(55-28-30-58-31-29-55)48(57-4)33-44(43)52-42(50(49)53)26-27-54(60-52,36-22-24-37(56-3)25-23-36)35-20-18-34(19-21-35)38-14-11-15-40-39-12-8-10-17-47(39)59-51(38)40/h7-18,20,22-27,32-33H,5-6,19,21,28-31H2,1-4H3. The fraction of sp³-hybridized carbons (Fsp3) is 0.259. The van der Waals surface area contributed by atoms with Crippen molar-refractivity contribution in [2.75, 3.05) is 45.4 Å². The van der Waals surface area contributed by atoms with E-state index in [4.69, 9.17) is 23.4 Å². The van der Waals surface area contributed by atoms with Gasteiger partial charge in [0.15, 0.2) is 5.60 Å². The van der Waals surface area contributed by atoms with Crippen LogP contribution in [0.2, 0.25) is 0 Å². The van der Waals surface area contributed by atoms with Gasteiger partial charge >= 0.3 is 0 Å². The predicted octanol–water partition coefficient (Wildman–Crippen LogP) is 12.8. The van der Waals surface area contributed by atoms with Gasteiger partial charge in [0, 0.05) is 51.4 Å². The van der Waals surface area contributed by atoms with Crippen molar-refractivity contribution in [1.82, 2.24) is 0 Å². The minimum absolute atomic E-state index is 0.170. The van der Waals surface area contributed by atoms with E-state index >= 15 is 0 Å². The summed E-state index contributed by atoms with van der Waals surface area (Å²) in [5.41, 5.74) is 13.1. The lowest BCUT2D eigenvalue weighted by molar-refractivity contribution is 0.122. The Bertz CT molecular complexity index is 2940. The van der Waals surface area contributed by atoms with E-state index in [1.165, 1.54) is 38.8 Å². The molecule has 60 heavy (non-hydrogen) atoms. The van der Waals surface area contributed by atoms with Gasteiger partial charge in [-0.1, -0.05) is 105 Å². The normalized spacial score (nSPS) is 19.1.